The van der Waals surface area contributed by atoms with Crippen molar-refractivity contribution in [2.24, 2.45) is 5.92 Å². The standard InChI is InChI=1S/C22H27FN2O/c1-16-4-3-13-25(14-16)15-18-5-7-20(8-6-18)22(26)24-17(2)19-9-11-21(23)12-10-19/h5-12,16-17H,3-4,13-15H2,1-2H3,(H,24,26)/t16-,17-/m1/s1. The van der Waals surface area contributed by atoms with Gasteiger partial charge in [-0.3, -0.25) is 9.69 Å². The fourth-order valence-electron chi connectivity index (χ4n) is 3.56. The summed E-state index contributed by atoms with van der Waals surface area (Å²) < 4.78 is 13.0. The Bertz CT molecular complexity index is 727. The molecule has 1 amide bonds. The molecule has 1 heterocycles. The monoisotopic (exact) mass is 354 g/mol. The minimum atomic E-state index is -0.272. The van der Waals surface area contributed by atoms with E-state index in [-0.39, 0.29) is 17.8 Å². The van der Waals surface area contributed by atoms with E-state index in [1.165, 1.54) is 30.5 Å². The molecule has 138 valence electrons. The highest BCUT2D eigenvalue weighted by Gasteiger charge is 2.16. The van der Waals surface area contributed by atoms with E-state index in [0.29, 0.717) is 5.56 Å². The van der Waals surface area contributed by atoms with Crippen molar-refractivity contribution in [1.82, 2.24) is 10.2 Å². The summed E-state index contributed by atoms with van der Waals surface area (Å²) in [7, 11) is 0. The Kier molecular flexibility index (Phi) is 6.04. The van der Waals surface area contributed by atoms with Gasteiger partial charge in [0.2, 0.25) is 0 Å². The molecular formula is C22H27FN2O. The zero-order valence-electron chi connectivity index (χ0n) is 15.5. The first-order valence-corrected chi connectivity index (χ1v) is 9.39. The van der Waals surface area contributed by atoms with Crippen molar-refractivity contribution in [2.75, 3.05) is 13.1 Å². The van der Waals surface area contributed by atoms with Crippen LogP contribution in [-0.2, 0) is 6.54 Å². The molecule has 1 aliphatic rings. The lowest BCUT2D eigenvalue weighted by atomic mass is 9.99. The molecule has 4 heteroatoms. The maximum atomic E-state index is 13.0. The number of halogens is 1. The van der Waals surface area contributed by atoms with Crippen molar-refractivity contribution in [1.29, 1.82) is 0 Å². The molecule has 0 radical (unpaired) electrons. The Balaban J connectivity index is 1.57. The molecule has 3 rings (SSSR count). The van der Waals surface area contributed by atoms with Crippen LogP contribution in [0.25, 0.3) is 0 Å². The van der Waals surface area contributed by atoms with E-state index in [1.54, 1.807) is 12.1 Å². The molecule has 0 spiro atoms. The van der Waals surface area contributed by atoms with Gasteiger partial charge in [-0.15, -0.1) is 0 Å². The van der Waals surface area contributed by atoms with Crippen molar-refractivity contribution < 1.29 is 9.18 Å². The van der Waals surface area contributed by atoms with Crippen LogP contribution in [0.2, 0.25) is 0 Å². The summed E-state index contributed by atoms with van der Waals surface area (Å²) in [5.41, 5.74) is 2.77. The van der Waals surface area contributed by atoms with Gasteiger partial charge in [-0.1, -0.05) is 31.2 Å². The van der Waals surface area contributed by atoms with Crippen LogP contribution in [0.3, 0.4) is 0 Å². The zero-order chi connectivity index (χ0) is 18.5. The third kappa shape index (κ3) is 4.92. The maximum absolute atomic E-state index is 13.0. The van der Waals surface area contributed by atoms with Crippen LogP contribution in [-0.4, -0.2) is 23.9 Å². The van der Waals surface area contributed by atoms with Crippen LogP contribution in [0, 0.1) is 11.7 Å². The first-order valence-electron chi connectivity index (χ1n) is 9.39. The Morgan fingerprint density at radius 1 is 1.19 bits per heavy atom. The molecule has 0 aromatic heterocycles. The maximum Gasteiger partial charge on any atom is 0.251 e. The van der Waals surface area contributed by atoms with E-state index in [0.717, 1.165) is 31.1 Å². The van der Waals surface area contributed by atoms with Gasteiger partial charge >= 0.3 is 0 Å². The quantitative estimate of drug-likeness (QED) is 0.854. The van der Waals surface area contributed by atoms with Crippen LogP contribution in [0.5, 0.6) is 0 Å². The summed E-state index contributed by atoms with van der Waals surface area (Å²) in [6.07, 6.45) is 2.59. The Morgan fingerprint density at radius 2 is 1.88 bits per heavy atom. The Labute approximate surface area is 155 Å². The van der Waals surface area contributed by atoms with Gasteiger partial charge in [0.1, 0.15) is 5.82 Å². The summed E-state index contributed by atoms with van der Waals surface area (Å²) in [5.74, 6) is 0.382. The molecule has 0 aliphatic carbocycles. The lowest BCUT2D eigenvalue weighted by Crippen LogP contribution is -2.33. The first kappa shape index (κ1) is 18.6. The van der Waals surface area contributed by atoms with Gasteiger partial charge in [0, 0.05) is 18.7 Å². The van der Waals surface area contributed by atoms with E-state index in [1.807, 2.05) is 31.2 Å². The summed E-state index contributed by atoms with van der Waals surface area (Å²) in [4.78, 5) is 14.9. The third-order valence-corrected chi connectivity index (χ3v) is 5.08. The second kappa shape index (κ2) is 8.45. The molecule has 3 nitrogen and oxygen atoms in total. The van der Waals surface area contributed by atoms with Gasteiger partial charge in [0.05, 0.1) is 6.04 Å². The van der Waals surface area contributed by atoms with Crippen LogP contribution in [0.1, 0.15) is 54.2 Å². The minimum absolute atomic E-state index is 0.111. The molecule has 1 aliphatic heterocycles. The number of piperidine rings is 1. The number of amides is 1. The van der Waals surface area contributed by atoms with Gasteiger partial charge in [0.25, 0.3) is 5.91 Å². The lowest BCUT2D eigenvalue weighted by molar-refractivity contribution is 0.0940. The number of hydrogen-bond donors (Lipinski definition) is 1. The molecule has 0 bridgehead atoms. The van der Waals surface area contributed by atoms with Crippen molar-refractivity contribution in [2.45, 2.75) is 39.3 Å². The number of hydrogen-bond acceptors (Lipinski definition) is 2. The van der Waals surface area contributed by atoms with Crippen molar-refractivity contribution in [3.63, 3.8) is 0 Å². The van der Waals surface area contributed by atoms with E-state index in [2.05, 4.69) is 17.1 Å². The van der Waals surface area contributed by atoms with Crippen molar-refractivity contribution >= 4 is 5.91 Å². The fourth-order valence-corrected chi connectivity index (χ4v) is 3.56. The highest BCUT2D eigenvalue weighted by molar-refractivity contribution is 5.94. The predicted molar refractivity (Wildman–Crippen MR) is 102 cm³/mol. The van der Waals surface area contributed by atoms with E-state index in [9.17, 15) is 9.18 Å². The predicted octanol–water partition coefficient (Wildman–Crippen LogP) is 4.55. The molecular weight excluding hydrogens is 327 g/mol. The molecule has 1 fully saturated rings. The number of carbonyl (C=O) groups is 1. The van der Waals surface area contributed by atoms with Crippen molar-refractivity contribution in [3.8, 4) is 0 Å². The number of carbonyl (C=O) groups excluding carboxylic acids is 1. The second-order valence-corrected chi connectivity index (χ2v) is 7.43. The topological polar surface area (TPSA) is 32.3 Å². The van der Waals surface area contributed by atoms with Gasteiger partial charge in [-0.2, -0.15) is 0 Å². The van der Waals surface area contributed by atoms with E-state index < -0.39 is 0 Å². The highest BCUT2D eigenvalue weighted by atomic mass is 19.1. The van der Waals surface area contributed by atoms with Crippen LogP contribution in [0.4, 0.5) is 4.39 Å². The summed E-state index contributed by atoms with van der Waals surface area (Å²) in [5, 5.41) is 2.97. The molecule has 26 heavy (non-hydrogen) atoms. The number of rotatable bonds is 5. The molecule has 2 aromatic rings. The summed E-state index contributed by atoms with van der Waals surface area (Å²) in [6, 6.07) is 13.9. The minimum Gasteiger partial charge on any atom is -0.346 e. The normalized spacial score (nSPS) is 19.1. The van der Waals surface area contributed by atoms with Gasteiger partial charge in [0.15, 0.2) is 0 Å². The molecule has 1 N–H and O–H groups in total. The smallest absolute Gasteiger partial charge is 0.251 e. The molecule has 2 aromatic carbocycles. The van der Waals surface area contributed by atoms with Gasteiger partial charge < -0.3 is 5.32 Å². The molecule has 2 atom stereocenters. The number of benzene rings is 2. The number of nitrogens with one attached hydrogen (secondary N) is 1. The highest BCUT2D eigenvalue weighted by Crippen LogP contribution is 2.18. The van der Waals surface area contributed by atoms with Crippen LogP contribution >= 0.6 is 0 Å². The summed E-state index contributed by atoms with van der Waals surface area (Å²) in [6.45, 7) is 7.45. The van der Waals surface area contributed by atoms with E-state index in [4.69, 9.17) is 0 Å². The lowest BCUT2D eigenvalue weighted by Gasteiger charge is -2.30. The summed E-state index contributed by atoms with van der Waals surface area (Å²) >= 11 is 0. The average Bonchev–Trinajstić information content (AvgIpc) is 2.63. The second-order valence-electron chi connectivity index (χ2n) is 7.43. The molecule has 0 unspecified atom stereocenters. The van der Waals surface area contributed by atoms with Gasteiger partial charge in [-0.05, 0) is 67.6 Å². The Hall–Kier alpha value is -2.20. The van der Waals surface area contributed by atoms with Gasteiger partial charge in [-0.25, -0.2) is 4.39 Å². The third-order valence-electron chi connectivity index (χ3n) is 5.08. The van der Waals surface area contributed by atoms with Crippen LogP contribution < -0.4 is 5.32 Å². The van der Waals surface area contributed by atoms with E-state index >= 15 is 0 Å². The van der Waals surface area contributed by atoms with Crippen molar-refractivity contribution in [3.05, 3.63) is 71.0 Å². The number of nitrogens with zero attached hydrogens (tertiary/aromatic N) is 1. The Morgan fingerprint density at radius 3 is 2.54 bits per heavy atom. The zero-order valence-corrected chi connectivity index (χ0v) is 15.5. The SMILES string of the molecule is C[C@@H]1CCCN(Cc2ccc(C(=O)N[C@H](C)c3ccc(F)cc3)cc2)C1. The first-order chi connectivity index (χ1) is 12.5. The average molecular weight is 354 g/mol. The largest absolute Gasteiger partial charge is 0.346 e. The molecule has 0 saturated carbocycles. The fraction of sp³-hybridized carbons (Fsp3) is 0.409. The number of likely N-dealkylation sites (tertiary alicyclic amines) is 1. The van der Waals surface area contributed by atoms with Crippen LogP contribution in [0.15, 0.2) is 48.5 Å². The molecule has 1 saturated heterocycles.